The third kappa shape index (κ3) is 3.99. The van der Waals surface area contributed by atoms with E-state index in [1.54, 1.807) is 31.7 Å². The molecule has 1 atom stereocenters. The van der Waals surface area contributed by atoms with Gasteiger partial charge in [0, 0.05) is 10.5 Å². The highest BCUT2D eigenvalue weighted by molar-refractivity contribution is 7.98. The van der Waals surface area contributed by atoms with Gasteiger partial charge >= 0.3 is 5.97 Å². The molecule has 0 heterocycles. The fourth-order valence-electron chi connectivity index (χ4n) is 1.71. The number of benzene rings is 1. The third-order valence-electron chi connectivity index (χ3n) is 2.91. The second-order valence-electron chi connectivity index (χ2n) is 4.71. The predicted octanol–water partition coefficient (Wildman–Crippen LogP) is 2.56. The first kappa shape index (κ1) is 15.6. The molecule has 104 valence electrons. The number of amides is 1. The molecule has 0 spiro atoms. The van der Waals surface area contributed by atoms with E-state index in [-0.39, 0.29) is 11.8 Å². The Bertz CT molecular complexity index is 486. The monoisotopic (exact) mass is 281 g/mol. The molecule has 0 saturated heterocycles. The van der Waals surface area contributed by atoms with E-state index in [1.807, 2.05) is 25.3 Å². The summed E-state index contributed by atoms with van der Waals surface area (Å²) in [5.41, 5.74) is 1.36. The first-order valence-electron chi connectivity index (χ1n) is 6.05. The van der Waals surface area contributed by atoms with Gasteiger partial charge in [-0.2, -0.15) is 0 Å². The molecule has 1 aromatic rings. The van der Waals surface area contributed by atoms with Crippen molar-refractivity contribution >= 4 is 23.6 Å². The smallest absolute Gasteiger partial charge is 0.326 e. The van der Waals surface area contributed by atoms with Gasteiger partial charge in [-0.3, -0.25) is 4.79 Å². The second kappa shape index (κ2) is 6.61. The summed E-state index contributed by atoms with van der Waals surface area (Å²) < 4.78 is 0. The van der Waals surface area contributed by atoms with Crippen molar-refractivity contribution in [2.24, 2.45) is 5.92 Å². The van der Waals surface area contributed by atoms with Gasteiger partial charge < -0.3 is 10.4 Å². The molecule has 0 radical (unpaired) electrons. The highest BCUT2D eigenvalue weighted by atomic mass is 32.2. The molecule has 4 nitrogen and oxygen atoms in total. The number of hydrogen-bond donors (Lipinski definition) is 2. The van der Waals surface area contributed by atoms with Crippen LogP contribution >= 0.6 is 11.8 Å². The molecule has 0 aromatic heterocycles. The molecule has 1 amide bonds. The quantitative estimate of drug-likeness (QED) is 0.814. The lowest BCUT2D eigenvalue weighted by Gasteiger charge is -2.18. The van der Waals surface area contributed by atoms with Crippen molar-refractivity contribution in [2.75, 3.05) is 6.26 Å². The van der Waals surface area contributed by atoms with E-state index in [2.05, 4.69) is 5.32 Å². The summed E-state index contributed by atoms with van der Waals surface area (Å²) in [4.78, 5) is 24.2. The largest absolute Gasteiger partial charge is 0.480 e. The van der Waals surface area contributed by atoms with E-state index < -0.39 is 12.0 Å². The van der Waals surface area contributed by atoms with Crippen molar-refractivity contribution in [3.63, 3.8) is 0 Å². The number of carbonyl (C=O) groups excluding carboxylic acids is 1. The van der Waals surface area contributed by atoms with Crippen molar-refractivity contribution in [1.29, 1.82) is 0 Å². The number of aliphatic carboxylic acids is 1. The summed E-state index contributed by atoms with van der Waals surface area (Å²) in [5, 5.41) is 11.7. The summed E-state index contributed by atoms with van der Waals surface area (Å²) in [6.45, 7) is 5.37. The van der Waals surface area contributed by atoms with Crippen LogP contribution in [0, 0.1) is 12.8 Å². The first-order chi connectivity index (χ1) is 8.86. The molecule has 1 aromatic carbocycles. The first-order valence-corrected chi connectivity index (χ1v) is 7.27. The topological polar surface area (TPSA) is 66.4 Å². The van der Waals surface area contributed by atoms with Crippen molar-refractivity contribution in [1.82, 2.24) is 5.32 Å². The van der Waals surface area contributed by atoms with Crippen LogP contribution in [0.2, 0.25) is 0 Å². The molecule has 0 fully saturated rings. The van der Waals surface area contributed by atoms with E-state index >= 15 is 0 Å². The number of nitrogens with one attached hydrogen (secondary N) is 1. The highest BCUT2D eigenvalue weighted by Gasteiger charge is 2.24. The maximum atomic E-state index is 12.2. The molecule has 5 heteroatoms. The van der Waals surface area contributed by atoms with Gasteiger partial charge in [-0.15, -0.1) is 11.8 Å². The van der Waals surface area contributed by atoms with Gasteiger partial charge in [0.25, 0.3) is 5.91 Å². The Kier molecular flexibility index (Phi) is 5.42. The van der Waals surface area contributed by atoms with E-state index in [0.717, 1.165) is 10.5 Å². The molecule has 0 aliphatic carbocycles. The summed E-state index contributed by atoms with van der Waals surface area (Å²) in [5.74, 6) is -1.51. The van der Waals surface area contributed by atoms with E-state index in [1.165, 1.54) is 0 Å². The Labute approximate surface area is 117 Å². The summed E-state index contributed by atoms with van der Waals surface area (Å²) in [6.07, 6.45) is 1.93. The lowest BCUT2D eigenvalue weighted by molar-refractivity contribution is -0.140. The van der Waals surface area contributed by atoms with Crippen LogP contribution in [0.25, 0.3) is 0 Å². The number of carboxylic acid groups (broad SMARTS) is 1. The van der Waals surface area contributed by atoms with Crippen molar-refractivity contribution in [3.8, 4) is 0 Å². The van der Waals surface area contributed by atoms with Crippen LogP contribution < -0.4 is 5.32 Å². The fraction of sp³-hybridized carbons (Fsp3) is 0.429. The Morgan fingerprint density at radius 3 is 2.42 bits per heavy atom. The lowest BCUT2D eigenvalue weighted by atomic mass is 10.0. The summed E-state index contributed by atoms with van der Waals surface area (Å²) >= 11 is 1.54. The Morgan fingerprint density at radius 2 is 1.95 bits per heavy atom. The number of carbonyl (C=O) groups is 2. The maximum absolute atomic E-state index is 12.2. The molecule has 2 N–H and O–H groups in total. The molecular weight excluding hydrogens is 262 g/mol. The normalized spacial score (nSPS) is 12.3. The third-order valence-corrected chi connectivity index (χ3v) is 3.63. The average molecular weight is 281 g/mol. The molecule has 0 aliphatic heterocycles. The van der Waals surface area contributed by atoms with Gasteiger partial charge in [0.2, 0.25) is 0 Å². The predicted molar refractivity (Wildman–Crippen MR) is 76.7 cm³/mol. The number of thioether (sulfide) groups is 1. The zero-order chi connectivity index (χ0) is 14.6. The van der Waals surface area contributed by atoms with Crippen LogP contribution in [0.15, 0.2) is 23.1 Å². The van der Waals surface area contributed by atoms with Crippen LogP contribution in [0.3, 0.4) is 0 Å². The van der Waals surface area contributed by atoms with Gasteiger partial charge in [-0.25, -0.2) is 4.79 Å². The lowest BCUT2D eigenvalue weighted by Crippen LogP contribution is -2.44. The van der Waals surface area contributed by atoms with Gasteiger partial charge in [-0.1, -0.05) is 19.9 Å². The fourth-order valence-corrected chi connectivity index (χ4v) is 2.15. The van der Waals surface area contributed by atoms with Crippen LogP contribution in [-0.2, 0) is 4.79 Å². The van der Waals surface area contributed by atoms with Crippen LogP contribution in [-0.4, -0.2) is 29.3 Å². The standard InChI is InChI=1S/C14H19NO3S/c1-8(2)12(14(17)18)15-13(16)11-7-10(19-4)6-5-9(11)3/h5-8,12H,1-4H3,(H,15,16)(H,17,18). The maximum Gasteiger partial charge on any atom is 0.326 e. The SMILES string of the molecule is CSc1ccc(C)c(C(=O)NC(C(=O)O)C(C)C)c1. The minimum atomic E-state index is -1.01. The van der Waals surface area contributed by atoms with E-state index in [9.17, 15) is 9.59 Å². The van der Waals surface area contributed by atoms with E-state index in [4.69, 9.17) is 5.11 Å². The molecule has 1 rings (SSSR count). The van der Waals surface area contributed by atoms with Crippen LogP contribution in [0.4, 0.5) is 0 Å². The molecule has 1 unspecified atom stereocenters. The molecule has 19 heavy (non-hydrogen) atoms. The second-order valence-corrected chi connectivity index (χ2v) is 5.59. The van der Waals surface area contributed by atoms with Gasteiger partial charge in [0.05, 0.1) is 0 Å². The summed E-state index contributed by atoms with van der Waals surface area (Å²) in [7, 11) is 0. The van der Waals surface area contributed by atoms with Gasteiger partial charge in [-0.05, 0) is 36.8 Å². The zero-order valence-corrected chi connectivity index (χ0v) is 12.4. The Hall–Kier alpha value is -1.49. The van der Waals surface area contributed by atoms with Gasteiger partial charge in [0.15, 0.2) is 0 Å². The van der Waals surface area contributed by atoms with Crippen molar-refractivity contribution in [3.05, 3.63) is 29.3 Å². The highest BCUT2D eigenvalue weighted by Crippen LogP contribution is 2.19. The number of hydrogen-bond acceptors (Lipinski definition) is 3. The zero-order valence-electron chi connectivity index (χ0n) is 11.6. The van der Waals surface area contributed by atoms with Crippen molar-refractivity contribution in [2.45, 2.75) is 31.7 Å². The van der Waals surface area contributed by atoms with E-state index in [0.29, 0.717) is 5.56 Å². The minimum Gasteiger partial charge on any atom is -0.480 e. The summed E-state index contributed by atoms with van der Waals surface area (Å²) in [6, 6.07) is 4.72. The molecule has 0 bridgehead atoms. The molecule has 0 aliphatic rings. The Balaban J connectivity index is 2.97. The number of carboxylic acids is 1. The van der Waals surface area contributed by atoms with Gasteiger partial charge in [0.1, 0.15) is 6.04 Å². The van der Waals surface area contributed by atoms with Crippen LogP contribution in [0.1, 0.15) is 29.8 Å². The molecular formula is C14H19NO3S. The molecule has 0 saturated carbocycles. The Morgan fingerprint density at radius 1 is 1.32 bits per heavy atom. The van der Waals surface area contributed by atoms with Crippen LogP contribution in [0.5, 0.6) is 0 Å². The average Bonchev–Trinajstić information content (AvgIpc) is 2.35. The van der Waals surface area contributed by atoms with Crippen molar-refractivity contribution < 1.29 is 14.7 Å². The number of rotatable bonds is 5. The number of aryl methyl sites for hydroxylation is 1. The minimum absolute atomic E-state index is 0.162.